The molecule has 0 fully saturated rings. The fraction of sp³-hybridized carbons (Fsp3) is 0.0833. The van der Waals surface area contributed by atoms with Crippen molar-refractivity contribution in [2.24, 2.45) is 0 Å². The van der Waals surface area contributed by atoms with Gasteiger partial charge in [0, 0.05) is 17.7 Å². The van der Waals surface area contributed by atoms with Crippen LogP contribution in [0.15, 0.2) is 52.1 Å². The van der Waals surface area contributed by atoms with Gasteiger partial charge in [0.25, 0.3) is 10.0 Å². The number of hydrogen-bond acceptors (Lipinski definition) is 3. The largest absolute Gasteiger partial charge is 0.268 e. The van der Waals surface area contributed by atoms with Gasteiger partial charge in [-0.2, -0.15) is 0 Å². The van der Waals surface area contributed by atoms with E-state index in [4.69, 9.17) is 0 Å². The second-order valence-electron chi connectivity index (χ2n) is 3.76. The van der Waals surface area contributed by atoms with E-state index >= 15 is 0 Å². The van der Waals surface area contributed by atoms with Crippen LogP contribution in [-0.4, -0.2) is 20.4 Å². The van der Waals surface area contributed by atoms with Gasteiger partial charge in [0.15, 0.2) is 0 Å². The lowest BCUT2D eigenvalue weighted by atomic mass is 10.3. The predicted octanol–water partition coefficient (Wildman–Crippen LogP) is 2.81. The standard InChI is InChI=1S/C12H10BrFN2O2S/c1-16(10-3-2-6-15-8-10)19(17,18)12-5-4-9(14)7-11(12)13/h2-8H,1H3. The summed E-state index contributed by atoms with van der Waals surface area (Å²) in [5.41, 5.74) is 0.429. The van der Waals surface area contributed by atoms with Crippen LogP contribution >= 0.6 is 15.9 Å². The van der Waals surface area contributed by atoms with Gasteiger partial charge in [-0.3, -0.25) is 9.29 Å². The molecule has 0 aliphatic carbocycles. The monoisotopic (exact) mass is 344 g/mol. The molecule has 2 aromatic rings. The minimum Gasteiger partial charge on any atom is -0.268 e. The lowest BCUT2D eigenvalue weighted by Gasteiger charge is -2.19. The normalized spacial score (nSPS) is 11.3. The van der Waals surface area contributed by atoms with E-state index < -0.39 is 15.8 Å². The molecule has 2 rings (SSSR count). The van der Waals surface area contributed by atoms with Gasteiger partial charge in [-0.15, -0.1) is 0 Å². The van der Waals surface area contributed by atoms with Gasteiger partial charge in [-0.05, 0) is 46.3 Å². The highest BCUT2D eigenvalue weighted by Gasteiger charge is 2.24. The lowest BCUT2D eigenvalue weighted by Crippen LogP contribution is -2.26. The summed E-state index contributed by atoms with van der Waals surface area (Å²) in [6, 6.07) is 6.71. The van der Waals surface area contributed by atoms with Crippen molar-refractivity contribution in [2.45, 2.75) is 4.90 Å². The smallest absolute Gasteiger partial charge is 0.265 e. The van der Waals surface area contributed by atoms with E-state index in [1.807, 2.05) is 0 Å². The number of nitrogens with zero attached hydrogens (tertiary/aromatic N) is 2. The Hall–Kier alpha value is -1.47. The van der Waals surface area contributed by atoms with Crippen molar-refractivity contribution in [3.05, 3.63) is 53.0 Å². The Morgan fingerprint density at radius 3 is 2.63 bits per heavy atom. The van der Waals surface area contributed by atoms with Crippen LogP contribution in [0.1, 0.15) is 0 Å². The summed E-state index contributed by atoms with van der Waals surface area (Å²) in [7, 11) is -2.34. The molecule has 0 unspecified atom stereocenters. The first-order valence-electron chi connectivity index (χ1n) is 5.27. The van der Waals surface area contributed by atoms with Gasteiger partial charge in [-0.1, -0.05) is 0 Å². The molecule has 100 valence electrons. The molecule has 0 aliphatic heterocycles. The maximum atomic E-state index is 13.0. The second-order valence-corrected chi connectivity index (χ2v) is 6.55. The number of benzene rings is 1. The molecule has 4 nitrogen and oxygen atoms in total. The van der Waals surface area contributed by atoms with Crippen molar-refractivity contribution < 1.29 is 12.8 Å². The number of aromatic nitrogens is 1. The number of pyridine rings is 1. The molecule has 0 spiro atoms. The molecule has 0 saturated heterocycles. The SMILES string of the molecule is CN(c1cccnc1)S(=O)(=O)c1ccc(F)cc1Br. The Bertz CT molecular complexity index is 692. The number of anilines is 1. The summed E-state index contributed by atoms with van der Waals surface area (Å²) >= 11 is 3.06. The summed E-state index contributed by atoms with van der Waals surface area (Å²) in [6.07, 6.45) is 2.99. The zero-order valence-electron chi connectivity index (χ0n) is 9.92. The van der Waals surface area contributed by atoms with Gasteiger partial charge < -0.3 is 0 Å². The molecular formula is C12H10BrFN2O2S. The van der Waals surface area contributed by atoms with Crippen LogP contribution in [0.3, 0.4) is 0 Å². The predicted molar refractivity (Wildman–Crippen MR) is 73.9 cm³/mol. The van der Waals surface area contributed by atoms with Gasteiger partial charge in [0.1, 0.15) is 10.7 Å². The van der Waals surface area contributed by atoms with Gasteiger partial charge >= 0.3 is 0 Å². The molecule has 0 aliphatic rings. The summed E-state index contributed by atoms with van der Waals surface area (Å²) in [4.78, 5) is 3.87. The van der Waals surface area contributed by atoms with Crippen LogP contribution < -0.4 is 4.31 Å². The van der Waals surface area contributed by atoms with Crippen molar-refractivity contribution >= 4 is 31.6 Å². The molecule has 0 bridgehead atoms. The second kappa shape index (κ2) is 5.26. The van der Waals surface area contributed by atoms with E-state index in [0.29, 0.717) is 5.69 Å². The molecular weight excluding hydrogens is 335 g/mol. The van der Waals surface area contributed by atoms with E-state index in [0.717, 1.165) is 16.4 Å². The third-order valence-corrected chi connectivity index (χ3v) is 5.30. The zero-order valence-corrected chi connectivity index (χ0v) is 12.3. The molecule has 0 N–H and O–H groups in total. The van der Waals surface area contributed by atoms with E-state index in [-0.39, 0.29) is 9.37 Å². The fourth-order valence-corrected chi connectivity index (χ4v) is 3.70. The Morgan fingerprint density at radius 2 is 2.05 bits per heavy atom. The molecule has 0 amide bonds. The molecule has 1 heterocycles. The summed E-state index contributed by atoms with van der Waals surface area (Å²) < 4.78 is 39.1. The van der Waals surface area contributed by atoms with Crippen molar-refractivity contribution in [2.75, 3.05) is 11.4 Å². The van der Waals surface area contributed by atoms with Crippen molar-refractivity contribution in [1.82, 2.24) is 4.98 Å². The zero-order chi connectivity index (χ0) is 14.0. The summed E-state index contributed by atoms with van der Waals surface area (Å²) in [5, 5.41) is 0. The van der Waals surface area contributed by atoms with E-state index in [1.165, 1.54) is 19.3 Å². The number of halogens is 2. The average molecular weight is 345 g/mol. The Labute approximate surface area is 119 Å². The number of hydrogen-bond donors (Lipinski definition) is 0. The lowest BCUT2D eigenvalue weighted by molar-refractivity contribution is 0.592. The highest BCUT2D eigenvalue weighted by molar-refractivity contribution is 9.10. The Balaban J connectivity index is 2.48. The molecule has 7 heteroatoms. The highest BCUT2D eigenvalue weighted by Crippen LogP contribution is 2.27. The topological polar surface area (TPSA) is 50.3 Å². The fourth-order valence-electron chi connectivity index (χ4n) is 1.51. The first kappa shape index (κ1) is 14.0. The minimum absolute atomic E-state index is 0.000234. The Kier molecular flexibility index (Phi) is 3.86. The molecule has 0 radical (unpaired) electrons. The molecule has 0 saturated carbocycles. The van der Waals surface area contributed by atoms with Crippen molar-refractivity contribution in [3.8, 4) is 0 Å². The maximum absolute atomic E-state index is 13.0. The van der Waals surface area contributed by atoms with Gasteiger partial charge in [-0.25, -0.2) is 12.8 Å². The van der Waals surface area contributed by atoms with Crippen molar-refractivity contribution in [3.63, 3.8) is 0 Å². The van der Waals surface area contributed by atoms with Crippen LogP contribution in [0.2, 0.25) is 0 Å². The van der Waals surface area contributed by atoms with Crippen molar-refractivity contribution in [1.29, 1.82) is 0 Å². The first-order chi connectivity index (χ1) is 8.93. The van der Waals surface area contributed by atoms with E-state index in [9.17, 15) is 12.8 Å². The quantitative estimate of drug-likeness (QED) is 0.860. The molecule has 19 heavy (non-hydrogen) atoms. The summed E-state index contributed by atoms with van der Waals surface area (Å²) in [5.74, 6) is -0.505. The van der Waals surface area contributed by atoms with Gasteiger partial charge in [0.2, 0.25) is 0 Å². The number of sulfonamides is 1. The summed E-state index contributed by atoms with van der Waals surface area (Å²) in [6.45, 7) is 0. The van der Waals surface area contributed by atoms with E-state index in [2.05, 4.69) is 20.9 Å². The van der Waals surface area contributed by atoms with Crippen LogP contribution in [-0.2, 0) is 10.0 Å². The minimum atomic E-state index is -3.76. The van der Waals surface area contributed by atoms with Crippen LogP contribution in [0.5, 0.6) is 0 Å². The third kappa shape index (κ3) is 2.76. The maximum Gasteiger partial charge on any atom is 0.265 e. The van der Waals surface area contributed by atoms with Crippen LogP contribution in [0, 0.1) is 5.82 Å². The molecule has 1 aromatic heterocycles. The van der Waals surface area contributed by atoms with Crippen LogP contribution in [0.4, 0.5) is 10.1 Å². The van der Waals surface area contributed by atoms with Gasteiger partial charge in [0.05, 0.1) is 11.9 Å². The third-order valence-electron chi connectivity index (χ3n) is 2.54. The number of rotatable bonds is 3. The first-order valence-corrected chi connectivity index (χ1v) is 7.50. The van der Waals surface area contributed by atoms with Crippen LogP contribution in [0.25, 0.3) is 0 Å². The van der Waals surface area contributed by atoms with E-state index in [1.54, 1.807) is 18.3 Å². The molecule has 1 aromatic carbocycles. The molecule has 0 atom stereocenters. The average Bonchev–Trinajstić information content (AvgIpc) is 2.38. The Morgan fingerprint density at radius 1 is 1.32 bits per heavy atom. The highest BCUT2D eigenvalue weighted by atomic mass is 79.9.